The topological polar surface area (TPSA) is 74.1 Å². The fourth-order valence-corrected chi connectivity index (χ4v) is 3.28. The van der Waals surface area contributed by atoms with Crippen molar-refractivity contribution in [2.45, 2.75) is 40.0 Å². The Hall–Kier alpha value is -2.61. The number of ether oxygens (including phenoxy) is 2. The molecule has 3 aromatic rings. The lowest BCUT2D eigenvalue weighted by Gasteiger charge is -2.15. The summed E-state index contributed by atoms with van der Waals surface area (Å²) in [6.07, 6.45) is 0.963. The first-order valence-corrected chi connectivity index (χ1v) is 9.94. The van der Waals surface area contributed by atoms with Crippen LogP contribution in [0.3, 0.4) is 0 Å². The van der Waals surface area contributed by atoms with E-state index < -0.39 is 0 Å². The van der Waals surface area contributed by atoms with Crippen LogP contribution in [0.15, 0.2) is 40.9 Å². The molecule has 3 rings (SSSR count). The van der Waals surface area contributed by atoms with E-state index in [-0.39, 0.29) is 0 Å². The Labute approximate surface area is 173 Å². The molecule has 0 radical (unpaired) electrons. The lowest BCUT2D eigenvalue weighted by Crippen LogP contribution is -2.09. The van der Waals surface area contributed by atoms with Gasteiger partial charge in [-0.05, 0) is 47.0 Å². The second kappa shape index (κ2) is 9.54. The molecular formula is C20H24BrN5O2. The van der Waals surface area contributed by atoms with Crippen molar-refractivity contribution in [1.82, 2.24) is 20.2 Å². The van der Waals surface area contributed by atoms with Crippen LogP contribution in [0.4, 0.5) is 5.95 Å². The summed E-state index contributed by atoms with van der Waals surface area (Å²) < 4.78 is 14.2. The largest absolute Gasteiger partial charge is 0.493 e. The molecule has 1 aromatic heterocycles. The highest BCUT2D eigenvalue weighted by atomic mass is 79.9. The van der Waals surface area contributed by atoms with Crippen LogP contribution in [0.5, 0.6) is 11.5 Å². The summed E-state index contributed by atoms with van der Waals surface area (Å²) in [4.78, 5) is 0. The zero-order valence-corrected chi connectivity index (χ0v) is 17.9. The Kier molecular flexibility index (Phi) is 6.86. The average molecular weight is 446 g/mol. The molecule has 0 saturated heterocycles. The minimum absolute atomic E-state index is 0.480. The lowest BCUT2D eigenvalue weighted by atomic mass is 10.1. The number of methoxy groups -OCH3 is 1. The Morgan fingerprint density at radius 1 is 1.18 bits per heavy atom. The molecule has 2 aromatic carbocycles. The molecule has 0 amide bonds. The van der Waals surface area contributed by atoms with Crippen molar-refractivity contribution in [2.24, 2.45) is 0 Å². The molecule has 28 heavy (non-hydrogen) atoms. The van der Waals surface area contributed by atoms with Crippen molar-refractivity contribution in [3.8, 4) is 11.5 Å². The highest BCUT2D eigenvalue weighted by Crippen LogP contribution is 2.34. The van der Waals surface area contributed by atoms with E-state index in [9.17, 15) is 0 Å². The van der Waals surface area contributed by atoms with Gasteiger partial charge in [0.25, 0.3) is 0 Å². The third kappa shape index (κ3) is 5.01. The fraction of sp³-hybridized carbons (Fsp3) is 0.350. The van der Waals surface area contributed by atoms with Gasteiger partial charge in [-0.25, -0.2) is 4.68 Å². The molecule has 7 nitrogen and oxygen atoms in total. The Morgan fingerprint density at radius 3 is 2.79 bits per heavy atom. The average Bonchev–Trinajstić information content (AvgIpc) is 3.13. The third-order valence-electron chi connectivity index (χ3n) is 4.21. The third-order valence-corrected chi connectivity index (χ3v) is 4.95. The number of anilines is 1. The monoisotopic (exact) mass is 445 g/mol. The second-order valence-corrected chi connectivity index (χ2v) is 7.31. The van der Waals surface area contributed by atoms with Gasteiger partial charge >= 0.3 is 0 Å². The molecule has 8 heteroatoms. The van der Waals surface area contributed by atoms with E-state index in [1.165, 1.54) is 5.56 Å². The van der Waals surface area contributed by atoms with E-state index in [0.29, 0.717) is 30.6 Å². The first-order valence-electron chi connectivity index (χ1n) is 9.15. The van der Waals surface area contributed by atoms with Crippen LogP contribution in [0.2, 0.25) is 0 Å². The van der Waals surface area contributed by atoms with Gasteiger partial charge in [0.15, 0.2) is 11.5 Å². The first kappa shape index (κ1) is 20.1. The van der Waals surface area contributed by atoms with Crippen molar-refractivity contribution in [3.63, 3.8) is 0 Å². The number of tetrazole rings is 1. The summed E-state index contributed by atoms with van der Waals surface area (Å²) in [6.45, 7) is 5.96. The number of aromatic nitrogens is 4. The Morgan fingerprint density at radius 2 is 2.04 bits per heavy atom. The van der Waals surface area contributed by atoms with Gasteiger partial charge < -0.3 is 14.8 Å². The zero-order chi connectivity index (χ0) is 19.9. The summed E-state index contributed by atoms with van der Waals surface area (Å²) in [6, 6.07) is 12.1. The van der Waals surface area contributed by atoms with Crippen molar-refractivity contribution in [2.75, 3.05) is 12.4 Å². The fourth-order valence-electron chi connectivity index (χ4n) is 2.82. The van der Waals surface area contributed by atoms with Gasteiger partial charge in [-0.15, -0.1) is 0 Å². The first-order chi connectivity index (χ1) is 13.6. The molecule has 1 N–H and O–H groups in total. The standard InChI is InChI=1S/C20H24BrN5O2/c1-4-8-26-20(23-24-25-26)22-12-16-10-18(27-3)19(11-17(16)21)28-13-15-7-5-6-14(2)9-15/h5-7,9-11H,4,8,12-13H2,1-3H3,(H,22,23,25). The van der Waals surface area contributed by atoms with Crippen LogP contribution >= 0.6 is 15.9 Å². The molecule has 0 bridgehead atoms. The summed E-state index contributed by atoms with van der Waals surface area (Å²) in [5.41, 5.74) is 3.35. The summed E-state index contributed by atoms with van der Waals surface area (Å²) >= 11 is 3.63. The van der Waals surface area contributed by atoms with E-state index >= 15 is 0 Å². The number of halogens is 1. The number of hydrogen-bond acceptors (Lipinski definition) is 6. The number of rotatable bonds is 9. The van der Waals surface area contributed by atoms with Crippen LogP contribution in [0.25, 0.3) is 0 Å². The van der Waals surface area contributed by atoms with E-state index in [2.05, 4.69) is 62.8 Å². The summed E-state index contributed by atoms with van der Waals surface area (Å²) in [7, 11) is 1.64. The molecule has 0 aliphatic rings. The van der Waals surface area contributed by atoms with E-state index in [4.69, 9.17) is 9.47 Å². The zero-order valence-electron chi connectivity index (χ0n) is 16.3. The minimum Gasteiger partial charge on any atom is -0.493 e. The summed E-state index contributed by atoms with van der Waals surface area (Å²) in [5.74, 6) is 2.02. The maximum absolute atomic E-state index is 5.99. The number of nitrogens with one attached hydrogen (secondary N) is 1. The molecule has 0 atom stereocenters. The second-order valence-electron chi connectivity index (χ2n) is 6.45. The van der Waals surface area contributed by atoms with Gasteiger partial charge in [0.1, 0.15) is 6.61 Å². The molecule has 0 aliphatic carbocycles. The number of benzene rings is 2. The number of nitrogens with zero attached hydrogens (tertiary/aromatic N) is 4. The van der Waals surface area contributed by atoms with Crippen LogP contribution in [0, 0.1) is 6.92 Å². The van der Waals surface area contributed by atoms with Crippen LogP contribution in [-0.2, 0) is 19.7 Å². The highest BCUT2D eigenvalue weighted by Gasteiger charge is 2.12. The van der Waals surface area contributed by atoms with E-state index in [0.717, 1.165) is 28.6 Å². The molecular weight excluding hydrogens is 422 g/mol. The molecule has 0 spiro atoms. The van der Waals surface area contributed by atoms with E-state index in [1.54, 1.807) is 11.8 Å². The Balaban J connectivity index is 1.71. The highest BCUT2D eigenvalue weighted by molar-refractivity contribution is 9.10. The van der Waals surface area contributed by atoms with Crippen molar-refractivity contribution in [3.05, 3.63) is 57.6 Å². The smallest absolute Gasteiger partial charge is 0.243 e. The molecule has 0 unspecified atom stereocenters. The minimum atomic E-state index is 0.480. The van der Waals surface area contributed by atoms with Crippen molar-refractivity contribution < 1.29 is 9.47 Å². The normalized spacial score (nSPS) is 10.7. The predicted octanol–water partition coefficient (Wildman–Crippen LogP) is 4.35. The van der Waals surface area contributed by atoms with Crippen LogP contribution in [0.1, 0.15) is 30.0 Å². The van der Waals surface area contributed by atoms with Gasteiger partial charge in [-0.3, -0.25) is 0 Å². The van der Waals surface area contributed by atoms with Gasteiger partial charge in [-0.1, -0.05) is 57.8 Å². The van der Waals surface area contributed by atoms with Gasteiger partial charge in [0.05, 0.1) is 7.11 Å². The Bertz CT molecular complexity index is 929. The number of aryl methyl sites for hydroxylation is 2. The maximum atomic E-state index is 5.99. The summed E-state index contributed by atoms with van der Waals surface area (Å²) in [5, 5.41) is 15.0. The SMILES string of the molecule is CCCn1nnnc1NCc1cc(OC)c(OCc2cccc(C)c2)cc1Br. The van der Waals surface area contributed by atoms with Gasteiger partial charge in [-0.2, -0.15) is 0 Å². The lowest BCUT2D eigenvalue weighted by molar-refractivity contribution is 0.284. The van der Waals surface area contributed by atoms with Crippen molar-refractivity contribution >= 4 is 21.9 Å². The quantitative estimate of drug-likeness (QED) is 0.527. The van der Waals surface area contributed by atoms with Crippen molar-refractivity contribution in [1.29, 1.82) is 0 Å². The van der Waals surface area contributed by atoms with Gasteiger partial charge in [0.2, 0.25) is 5.95 Å². The molecule has 0 fully saturated rings. The molecule has 0 aliphatic heterocycles. The molecule has 148 valence electrons. The van der Waals surface area contributed by atoms with Crippen LogP contribution < -0.4 is 14.8 Å². The van der Waals surface area contributed by atoms with E-state index in [1.807, 2.05) is 24.3 Å². The maximum Gasteiger partial charge on any atom is 0.243 e. The number of hydrogen-bond donors (Lipinski definition) is 1. The molecule has 0 saturated carbocycles. The van der Waals surface area contributed by atoms with Gasteiger partial charge in [0, 0.05) is 17.6 Å². The van der Waals surface area contributed by atoms with Crippen LogP contribution in [-0.4, -0.2) is 27.3 Å². The predicted molar refractivity (Wildman–Crippen MR) is 112 cm³/mol. The molecule has 1 heterocycles.